The molecule has 4 heteroatoms. The van der Waals surface area contributed by atoms with Crippen molar-refractivity contribution < 1.29 is 19.8 Å². The number of rotatable bonds is 4. The molecular weight excluding hydrogens is 472 g/mol. The molecule has 5 aromatic rings. The van der Waals surface area contributed by atoms with Gasteiger partial charge >= 0.3 is 0 Å². The average molecular weight is 501 g/mol. The summed E-state index contributed by atoms with van der Waals surface area (Å²) in [5, 5.41) is 29.8. The predicted octanol–water partition coefficient (Wildman–Crippen LogP) is 8.76. The molecule has 0 saturated carbocycles. The van der Waals surface area contributed by atoms with E-state index in [-0.39, 0.29) is 34.9 Å². The number of carbonyl (C=O) groups excluding carboxylic acids is 2. The number of fused-ring (bicyclic) bond motifs is 2. The number of benzene rings is 5. The number of ketones is 2. The van der Waals surface area contributed by atoms with E-state index >= 15 is 0 Å². The highest BCUT2D eigenvalue weighted by Crippen LogP contribution is 2.49. The average Bonchev–Trinajstić information content (AvgIpc) is 2.89. The highest BCUT2D eigenvalue weighted by Gasteiger charge is 2.32. The fourth-order valence-corrected chi connectivity index (χ4v) is 6.72. The third-order valence-corrected chi connectivity index (χ3v) is 8.25. The van der Waals surface area contributed by atoms with Gasteiger partial charge in [0.05, 0.1) is 0 Å². The highest BCUT2D eigenvalue weighted by molar-refractivity contribution is 6.40. The van der Waals surface area contributed by atoms with Crippen molar-refractivity contribution >= 4 is 66.2 Å². The Morgan fingerprint density at radius 1 is 0.500 bits per heavy atom. The van der Waals surface area contributed by atoms with Gasteiger partial charge in [0.2, 0.25) is 0 Å². The van der Waals surface area contributed by atoms with Gasteiger partial charge in [0.1, 0.15) is 11.5 Å². The molecule has 188 valence electrons. The maximum Gasteiger partial charge on any atom is 0.193 e. The molecule has 0 aromatic heterocycles. The lowest BCUT2D eigenvalue weighted by atomic mass is 9.77. The van der Waals surface area contributed by atoms with Crippen molar-refractivity contribution in [2.45, 2.75) is 40.5 Å². The van der Waals surface area contributed by atoms with Crippen molar-refractivity contribution in [2.24, 2.45) is 11.8 Å². The largest absolute Gasteiger partial charge is 0.507 e. The Balaban J connectivity index is 1.62. The SMILES string of the molecule is CC(C)CC1=C(O)c2ccc3c4ccc5c6c(ccc(c7ccc(c2c73)C1=O)c64)C(O)=C(CC(C)C)C5=O. The first-order chi connectivity index (χ1) is 18.2. The van der Waals surface area contributed by atoms with Crippen molar-refractivity contribution in [1.82, 2.24) is 0 Å². The monoisotopic (exact) mass is 500 g/mol. The molecule has 2 aliphatic rings. The molecule has 0 heterocycles. The van der Waals surface area contributed by atoms with E-state index in [1.54, 1.807) is 0 Å². The summed E-state index contributed by atoms with van der Waals surface area (Å²) in [6.07, 6.45) is 1.04. The van der Waals surface area contributed by atoms with Crippen LogP contribution in [-0.4, -0.2) is 21.8 Å². The van der Waals surface area contributed by atoms with E-state index in [1.165, 1.54) is 0 Å². The molecule has 4 nitrogen and oxygen atoms in total. The molecule has 0 aliphatic heterocycles. The van der Waals surface area contributed by atoms with Crippen LogP contribution in [-0.2, 0) is 0 Å². The van der Waals surface area contributed by atoms with E-state index in [1.807, 2.05) is 76.2 Å². The van der Waals surface area contributed by atoms with Gasteiger partial charge in [0, 0.05) is 44.2 Å². The van der Waals surface area contributed by atoms with E-state index in [0.717, 1.165) is 43.1 Å². The summed E-state index contributed by atoms with van der Waals surface area (Å²) in [5.74, 6) is 0.421. The van der Waals surface area contributed by atoms with Gasteiger partial charge in [-0.25, -0.2) is 0 Å². The van der Waals surface area contributed by atoms with Crippen LogP contribution < -0.4 is 0 Å². The Morgan fingerprint density at radius 3 is 1.13 bits per heavy atom. The molecule has 38 heavy (non-hydrogen) atoms. The highest BCUT2D eigenvalue weighted by atomic mass is 16.3. The van der Waals surface area contributed by atoms with E-state index in [0.29, 0.717) is 46.2 Å². The van der Waals surface area contributed by atoms with Gasteiger partial charge in [-0.1, -0.05) is 52.0 Å². The van der Waals surface area contributed by atoms with Crippen LogP contribution in [0.3, 0.4) is 0 Å². The van der Waals surface area contributed by atoms with E-state index in [9.17, 15) is 19.8 Å². The van der Waals surface area contributed by atoms with Gasteiger partial charge in [-0.2, -0.15) is 0 Å². The van der Waals surface area contributed by atoms with Crippen LogP contribution in [0.5, 0.6) is 0 Å². The second-order valence-corrected chi connectivity index (χ2v) is 11.7. The number of hydrogen-bond acceptors (Lipinski definition) is 4. The third-order valence-electron chi connectivity index (χ3n) is 8.25. The summed E-state index contributed by atoms with van der Waals surface area (Å²) >= 11 is 0. The number of hydrogen-bond donors (Lipinski definition) is 2. The minimum absolute atomic E-state index is 0.0780. The normalized spacial score (nSPS) is 15.6. The van der Waals surface area contributed by atoms with Gasteiger partial charge in [-0.05, 0) is 81.3 Å². The predicted molar refractivity (Wildman–Crippen MR) is 154 cm³/mol. The Labute approximate surface area is 220 Å². The fraction of sp³-hybridized carbons (Fsp3) is 0.235. The zero-order valence-corrected chi connectivity index (χ0v) is 21.9. The summed E-state index contributed by atoms with van der Waals surface area (Å²) in [4.78, 5) is 27.1. The van der Waals surface area contributed by atoms with Crippen LogP contribution in [0, 0.1) is 11.8 Å². The Kier molecular flexibility index (Phi) is 4.64. The third kappa shape index (κ3) is 2.80. The molecule has 0 atom stereocenters. The van der Waals surface area contributed by atoms with Gasteiger partial charge in [-0.3, -0.25) is 9.59 Å². The first-order valence-electron chi connectivity index (χ1n) is 13.3. The van der Waals surface area contributed by atoms with Crippen LogP contribution in [0.4, 0.5) is 0 Å². The van der Waals surface area contributed by atoms with Crippen molar-refractivity contribution in [3.8, 4) is 0 Å². The molecule has 0 unspecified atom stereocenters. The molecule has 2 aliphatic carbocycles. The minimum Gasteiger partial charge on any atom is -0.507 e. The quantitative estimate of drug-likeness (QED) is 0.191. The topological polar surface area (TPSA) is 74.6 Å². The van der Waals surface area contributed by atoms with Crippen LogP contribution >= 0.6 is 0 Å². The summed E-state index contributed by atoms with van der Waals surface area (Å²) < 4.78 is 0. The number of aliphatic hydroxyl groups excluding tert-OH is 2. The number of Topliss-reactive ketones (excluding diaryl/α,β-unsaturated/α-hetero) is 2. The standard InChI is InChI=1S/C34H28O4/c1-15(2)13-25-31(35)21-9-5-17-19-7-11-23-30-24(34(38)26(33(23)37)14-16(3)4)12-8-20(28(19)30)18-6-10-22(32(25)36)29(21)27(17)18/h5-12,15-16,35,38H,13-14H2,1-4H3. The molecule has 0 spiro atoms. The Morgan fingerprint density at radius 2 is 0.816 bits per heavy atom. The van der Waals surface area contributed by atoms with Gasteiger partial charge < -0.3 is 10.2 Å². The molecule has 0 bridgehead atoms. The molecule has 2 N–H and O–H groups in total. The number of allylic oxidation sites excluding steroid dienone is 2. The van der Waals surface area contributed by atoms with Crippen LogP contribution in [0.15, 0.2) is 59.7 Å². The molecule has 0 radical (unpaired) electrons. The second-order valence-electron chi connectivity index (χ2n) is 11.7. The molecule has 0 saturated heterocycles. The van der Waals surface area contributed by atoms with E-state index in [2.05, 4.69) is 0 Å². The van der Waals surface area contributed by atoms with E-state index in [4.69, 9.17) is 0 Å². The van der Waals surface area contributed by atoms with Gasteiger partial charge in [0.15, 0.2) is 11.6 Å². The molecule has 0 fully saturated rings. The van der Waals surface area contributed by atoms with Crippen molar-refractivity contribution in [1.29, 1.82) is 0 Å². The maximum atomic E-state index is 13.5. The maximum absolute atomic E-state index is 13.5. The lowest BCUT2D eigenvalue weighted by molar-refractivity contribution is 0.102. The van der Waals surface area contributed by atoms with Crippen molar-refractivity contribution in [3.63, 3.8) is 0 Å². The zero-order chi connectivity index (χ0) is 26.6. The van der Waals surface area contributed by atoms with Crippen LogP contribution in [0.2, 0.25) is 0 Å². The van der Waals surface area contributed by atoms with Crippen molar-refractivity contribution in [3.05, 3.63) is 81.9 Å². The minimum atomic E-state index is -0.109. The zero-order valence-electron chi connectivity index (χ0n) is 21.9. The summed E-state index contributed by atoms with van der Waals surface area (Å²) in [6.45, 7) is 8.17. The first-order valence-corrected chi connectivity index (χ1v) is 13.3. The van der Waals surface area contributed by atoms with Crippen LogP contribution in [0.25, 0.3) is 54.6 Å². The molecular formula is C34H28O4. The molecule has 5 aromatic carbocycles. The van der Waals surface area contributed by atoms with Gasteiger partial charge in [0.25, 0.3) is 0 Å². The van der Waals surface area contributed by atoms with Crippen LogP contribution in [0.1, 0.15) is 72.4 Å². The fourth-order valence-electron chi connectivity index (χ4n) is 6.72. The number of aliphatic hydroxyl groups is 2. The smallest absolute Gasteiger partial charge is 0.193 e. The lowest BCUT2D eigenvalue weighted by Gasteiger charge is -2.26. The molecule has 0 amide bonds. The lowest BCUT2D eigenvalue weighted by Crippen LogP contribution is -2.15. The van der Waals surface area contributed by atoms with Crippen molar-refractivity contribution in [2.75, 3.05) is 0 Å². The van der Waals surface area contributed by atoms with Gasteiger partial charge in [-0.15, -0.1) is 0 Å². The second kappa shape index (κ2) is 7.67. The summed E-state index contributed by atoms with van der Waals surface area (Å²) in [7, 11) is 0. The number of carbonyl (C=O) groups is 2. The molecule has 7 rings (SSSR count). The Bertz CT molecular complexity index is 1800. The summed E-state index contributed by atoms with van der Waals surface area (Å²) in [5.41, 5.74) is 3.58. The first kappa shape index (κ1) is 23.0. The van der Waals surface area contributed by atoms with E-state index < -0.39 is 0 Å². The summed E-state index contributed by atoms with van der Waals surface area (Å²) in [6, 6.07) is 15.6. The Hall–Kier alpha value is -4.18.